The van der Waals surface area contributed by atoms with Gasteiger partial charge in [-0.25, -0.2) is 8.42 Å². The van der Waals surface area contributed by atoms with Crippen LogP contribution in [0.4, 0.5) is 0 Å². The van der Waals surface area contributed by atoms with Gasteiger partial charge in [0.2, 0.25) is 10.0 Å². The van der Waals surface area contributed by atoms with Gasteiger partial charge < -0.3 is 4.74 Å². The number of rotatable bonds is 3. The Labute approximate surface area is 153 Å². The van der Waals surface area contributed by atoms with Crippen molar-refractivity contribution in [3.8, 4) is 11.5 Å². The predicted molar refractivity (Wildman–Crippen MR) is 101 cm³/mol. The molecular weight excluding hydrogens is 346 g/mol. The quantitative estimate of drug-likeness (QED) is 0.745. The third kappa shape index (κ3) is 2.89. The molecule has 0 fully saturated rings. The Morgan fingerprint density at radius 3 is 2.00 bits per heavy atom. The summed E-state index contributed by atoms with van der Waals surface area (Å²) in [5, 5.41) is 0. The van der Waals surface area contributed by atoms with Gasteiger partial charge in [-0.05, 0) is 37.6 Å². The number of benzene rings is 3. The molecule has 4 rings (SSSR count). The van der Waals surface area contributed by atoms with E-state index in [9.17, 15) is 8.42 Å². The first-order valence-corrected chi connectivity index (χ1v) is 9.89. The zero-order valence-corrected chi connectivity index (χ0v) is 15.4. The lowest BCUT2D eigenvalue weighted by molar-refractivity contribution is 0.440. The lowest BCUT2D eigenvalue weighted by atomic mass is 9.95. The Kier molecular flexibility index (Phi) is 4.05. The summed E-state index contributed by atoms with van der Waals surface area (Å²) in [7, 11) is -3.70. The average molecular weight is 365 g/mol. The molecule has 5 heteroatoms. The summed E-state index contributed by atoms with van der Waals surface area (Å²) in [6.45, 7) is 3.76. The monoisotopic (exact) mass is 365 g/mol. The SMILES string of the molecule is Cc1ccc(S(=O)(=O)NC2c3ccccc3Oc3ccccc32)c(C)c1. The van der Waals surface area contributed by atoms with Gasteiger partial charge in [0.25, 0.3) is 0 Å². The van der Waals surface area contributed by atoms with Crippen LogP contribution in [0.2, 0.25) is 0 Å². The Morgan fingerprint density at radius 1 is 0.846 bits per heavy atom. The second-order valence-corrected chi connectivity index (χ2v) is 8.18. The van der Waals surface area contributed by atoms with E-state index in [0.29, 0.717) is 16.4 Å². The molecule has 1 aliphatic heterocycles. The molecule has 3 aromatic carbocycles. The molecule has 0 aromatic heterocycles. The van der Waals surface area contributed by atoms with Crippen molar-refractivity contribution in [2.24, 2.45) is 0 Å². The van der Waals surface area contributed by atoms with E-state index in [1.807, 2.05) is 74.5 Å². The maximum Gasteiger partial charge on any atom is 0.241 e. The van der Waals surface area contributed by atoms with Crippen molar-refractivity contribution in [2.45, 2.75) is 24.8 Å². The topological polar surface area (TPSA) is 55.4 Å². The number of sulfonamides is 1. The zero-order chi connectivity index (χ0) is 18.3. The molecular formula is C21H19NO3S. The van der Waals surface area contributed by atoms with Crippen LogP contribution in [0.15, 0.2) is 71.6 Å². The number of ether oxygens (including phenoxy) is 1. The third-order valence-electron chi connectivity index (χ3n) is 4.57. The minimum absolute atomic E-state index is 0.296. The van der Waals surface area contributed by atoms with Crippen molar-refractivity contribution in [3.05, 3.63) is 89.0 Å². The fraction of sp³-hybridized carbons (Fsp3) is 0.143. The molecule has 0 atom stereocenters. The van der Waals surface area contributed by atoms with Crippen molar-refractivity contribution < 1.29 is 13.2 Å². The van der Waals surface area contributed by atoms with Gasteiger partial charge in [0, 0.05) is 11.1 Å². The molecule has 0 unspecified atom stereocenters. The third-order valence-corrected chi connectivity index (χ3v) is 6.16. The number of nitrogens with one attached hydrogen (secondary N) is 1. The number of hydrogen-bond donors (Lipinski definition) is 1. The standard InChI is InChI=1S/C21H19NO3S/c1-14-11-12-20(15(2)13-14)26(23,24)22-21-16-7-3-5-9-18(16)25-19-10-6-4-8-17(19)21/h3-13,21-22H,1-2H3. The largest absolute Gasteiger partial charge is 0.457 e. The van der Waals surface area contributed by atoms with E-state index in [4.69, 9.17) is 4.74 Å². The lowest BCUT2D eigenvalue weighted by Gasteiger charge is -2.28. The molecule has 1 heterocycles. The Balaban J connectivity index is 1.81. The summed E-state index contributed by atoms with van der Waals surface area (Å²) in [6.07, 6.45) is 0. The van der Waals surface area contributed by atoms with Crippen LogP contribution in [-0.2, 0) is 10.0 Å². The molecule has 3 aromatic rings. The maximum absolute atomic E-state index is 13.1. The van der Waals surface area contributed by atoms with E-state index in [-0.39, 0.29) is 0 Å². The van der Waals surface area contributed by atoms with E-state index >= 15 is 0 Å². The molecule has 0 amide bonds. The molecule has 0 bridgehead atoms. The molecule has 1 aliphatic rings. The van der Waals surface area contributed by atoms with Crippen molar-refractivity contribution in [3.63, 3.8) is 0 Å². The first-order valence-electron chi connectivity index (χ1n) is 8.41. The van der Waals surface area contributed by atoms with E-state index < -0.39 is 16.1 Å². The van der Waals surface area contributed by atoms with Crippen molar-refractivity contribution >= 4 is 10.0 Å². The fourth-order valence-electron chi connectivity index (χ4n) is 3.36. The van der Waals surface area contributed by atoms with Crippen LogP contribution in [-0.4, -0.2) is 8.42 Å². The van der Waals surface area contributed by atoms with Gasteiger partial charge in [0.15, 0.2) is 0 Å². The Hall–Kier alpha value is -2.63. The first kappa shape index (κ1) is 16.8. The van der Waals surface area contributed by atoms with Crippen LogP contribution in [0.25, 0.3) is 0 Å². The highest BCUT2D eigenvalue weighted by Gasteiger charge is 2.31. The summed E-state index contributed by atoms with van der Waals surface area (Å²) in [5.41, 5.74) is 3.37. The first-order chi connectivity index (χ1) is 12.5. The fourth-order valence-corrected chi connectivity index (χ4v) is 4.78. The van der Waals surface area contributed by atoms with Gasteiger partial charge in [0.05, 0.1) is 10.9 Å². The number of hydrogen-bond acceptors (Lipinski definition) is 3. The van der Waals surface area contributed by atoms with E-state index in [1.54, 1.807) is 6.07 Å². The summed E-state index contributed by atoms with van der Waals surface area (Å²) >= 11 is 0. The van der Waals surface area contributed by atoms with E-state index in [0.717, 1.165) is 22.3 Å². The average Bonchev–Trinajstić information content (AvgIpc) is 2.61. The van der Waals surface area contributed by atoms with Crippen LogP contribution < -0.4 is 9.46 Å². The minimum Gasteiger partial charge on any atom is -0.457 e. The second kappa shape index (κ2) is 6.27. The number of aryl methyl sites for hydroxylation is 2. The van der Waals surface area contributed by atoms with Crippen molar-refractivity contribution in [1.29, 1.82) is 0 Å². The van der Waals surface area contributed by atoms with Gasteiger partial charge in [-0.2, -0.15) is 4.72 Å². The molecule has 0 saturated heterocycles. The molecule has 0 spiro atoms. The Morgan fingerprint density at radius 2 is 1.42 bits per heavy atom. The molecule has 132 valence electrons. The highest BCUT2D eigenvalue weighted by Crippen LogP contribution is 2.43. The minimum atomic E-state index is -3.70. The summed E-state index contributed by atoms with van der Waals surface area (Å²) in [6, 6.07) is 19.8. The van der Waals surface area contributed by atoms with Crippen LogP contribution in [0.3, 0.4) is 0 Å². The molecule has 4 nitrogen and oxygen atoms in total. The number of para-hydroxylation sites is 2. The van der Waals surface area contributed by atoms with Gasteiger partial charge in [0.1, 0.15) is 11.5 Å². The van der Waals surface area contributed by atoms with Gasteiger partial charge in [-0.1, -0.05) is 54.1 Å². The summed E-state index contributed by atoms with van der Waals surface area (Å²) in [4.78, 5) is 0.296. The van der Waals surface area contributed by atoms with E-state index in [1.165, 1.54) is 0 Å². The Bertz CT molecular complexity index is 1040. The smallest absolute Gasteiger partial charge is 0.241 e. The summed E-state index contributed by atoms with van der Waals surface area (Å²) < 4.78 is 35.0. The highest BCUT2D eigenvalue weighted by atomic mass is 32.2. The lowest BCUT2D eigenvalue weighted by Crippen LogP contribution is -2.31. The number of fused-ring (bicyclic) bond motifs is 2. The molecule has 1 N–H and O–H groups in total. The van der Waals surface area contributed by atoms with Crippen molar-refractivity contribution in [2.75, 3.05) is 0 Å². The predicted octanol–water partition coefficient (Wildman–Crippen LogP) is 4.48. The van der Waals surface area contributed by atoms with Crippen LogP contribution in [0, 0.1) is 13.8 Å². The van der Waals surface area contributed by atoms with Crippen LogP contribution >= 0.6 is 0 Å². The van der Waals surface area contributed by atoms with Crippen molar-refractivity contribution in [1.82, 2.24) is 4.72 Å². The molecule has 26 heavy (non-hydrogen) atoms. The zero-order valence-electron chi connectivity index (χ0n) is 14.6. The molecule has 0 saturated carbocycles. The maximum atomic E-state index is 13.1. The summed E-state index contributed by atoms with van der Waals surface area (Å²) in [5.74, 6) is 1.33. The van der Waals surface area contributed by atoms with Gasteiger partial charge >= 0.3 is 0 Å². The van der Waals surface area contributed by atoms with Gasteiger partial charge in [-0.3, -0.25) is 0 Å². The van der Waals surface area contributed by atoms with Crippen LogP contribution in [0.5, 0.6) is 11.5 Å². The van der Waals surface area contributed by atoms with Gasteiger partial charge in [-0.15, -0.1) is 0 Å². The molecule has 0 aliphatic carbocycles. The highest BCUT2D eigenvalue weighted by molar-refractivity contribution is 7.89. The normalized spacial score (nSPS) is 13.6. The molecule has 0 radical (unpaired) electrons. The van der Waals surface area contributed by atoms with Crippen LogP contribution in [0.1, 0.15) is 28.3 Å². The van der Waals surface area contributed by atoms with E-state index in [2.05, 4.69) is 4.72 Å². The second-order valence-electron chi connectivity index (χ2n) is 6.50.